The molecule has 0 saturated heterocycles. The van der Waals surface area contributed by atoms with Gasteiger partial charge in [-0.3, -0.25) is 0 Å². The van der Waals surface area contributed by atoms with Crippen molar-refractivity contribution in [1.82, 2.24) is 20.5 Å². The Kier molecular flexibility index (Phi) is 7.08. The highest BCUT2D eigenvalue weighted by molar-refractivity contribution is 6.33. The third-order valence-electron chi connectivity index (χ3n) is 3.84. The average Bonchev–Trinajstić information content (AvgIpc) is 2.74. The number of carbonyl (C=O) groups is 1. The minimum Gasteiger partial charge on any atom is -0.367 e. The molecule has 0 atom stereocenters. The molecule has 8 nitrogen and oxygen atoms in total. The van der Waals surface area contributed by atoms with Crippen molar-refractivity contribution in [1.29, 1.82) is 0 Å². The molecule has 4 N–H and O–H groups in total. The van der Waals surface area contributed by atoms with Gasteiger partial charge < -0.3 is 21.3 Å². The van der Waals surface area contributed by atoms with E-state index in [9.17, 15) is 18.0 Å². The highest BCUT2D eigenvalue weighted by Gasteiger charge is 2.31. The van der Waals surface area contributed by atoms with Crippen LogP contribution in [0.3, 0.4) is 0 Å². The van der Waals surface area contributed by atoms with Gasteiger partial charge in [0.05, 0.1) is 16.3 Å². The summed E-state index contributed by atoms with van der Waals surface area (Å²) in [4.78, 5) is 16.0. The molecule has 3 aromatic rings. The van der Waals surface area contributed by atoms with Crippen LogP contribution in [-0.2, 0) is 6.18 Å². The van der Waals surface area contributed by atoms with E-state index < -0.39 is 17.8 Å². The number of benzene rings is 1. The summed E-state index contributed by atoms with van der Waals surface area (Å²) >= 11 is 5.85. The lowest BCUT2D eigenvalue weighted by Gasteiger charge is -2.12. The van der Waals surface area contributed by atoms with Crippen LogP contribution in [0.4, 0.5) is 41.1 Å². The lowest BCUT2D eigenvalue weighted by Crippen LogP contribution is -2.32. The minimum atomic E-state index is -4.54. The Morgan fingerprint density at radius 1 is 0.968 bits per heavy atom. The summed E-state index contributed by atoms with van der Waals surface area (Å²) in [6, 6.07) is 10.8. The molecule has 2 heterocycles. The van der Waals surface area contributed by atoms with Crippen molar-refractivity contribution in [2.45, 2.75) is 6.18 Å². The fraction of sp³-hybridized carbons (Fsp3) is 0.158. The van der Waals surface area contributed by atoms with E-state index >= 15 is 0 Å². The van der Waals surface area contributed by atoms with Crippen LogP contribution >= 0.6 is 11.6 Å². The van der Waals surface area contributed by atoms with E-state index in [0.717, 1.165) is 18.2 Å². The van der Waals surface area contributed by atoms with Crippen molar-refractivity contribution in [3.63, 3.8) is 0 Å². The third-order valence-corrected chi connectivity index (χ3v) is 4.17. The first-order valence-electron chi connectivity index (χ1n) is 8.98. The van der Waals surface area contributed by atoms with Crippen LogP contribution in [0, 0.1) is 0 Å². The highest BCUT2D eigenvalue weighted by atomic mass is 35.5. The first kappa shape index (κ1) is 22.1. The van der Waals surface area contributed by atoms with Crippen molar-refractivity contribution in [2.75, 3.05) is 29.0 Å². The molecule has 0 spiro atoms. The molecule has 0 saturated carbocycles. The molecule has 0 aliphatic heterocycles. The van der Waals surface area contributed by atoms with Gasteiger partial charge in [-0.05, 0) is 42.5 Å². The third kappa shape index (κ3) is 6.71. The first-order chi connectivity index (χ1) is 14.8. The number of rotatable bonds is 7. The average molecular weight is 452 g/mol. The first-order valence-corrected chi connectivity index (χ1v) is 9.36. The van der Waals surface area contributed by atoms with E-state index in [1.54, 1.807) is 30.5 Å². The van der Waals surface area contributed by atoms with E-state index in [0.29, 0.717) is 24.0 Å². The predicted molar refractivity (Wildman–Crippen MR) is 112 cm³/mol. The summed E-state index contributed by atoms with van der Waals surface area (Å²) in [5.41, 5.74) is -1.04. The zero-order chi connectivity index (χ0) is 22.3. The molecule has 2 amide bonds. The molecule has 0 unspecified atom stereocenters. The van der Waals surface area contributed by atoms with Gasteiger partial charge in [-0.15, -0.1) is 10.2 Å². The van der Waals surface area contributed by atoms with E-state index in [-0.39, 0.29) is 17.3 Å². The Morgan fingerprint density at radius 2 is 1.74 bits per heavy atom. The maximum absolute atomic E-state index is 12.8. The SMILES string of the molecule is O=C(NCCNc1ccc(Nc2ccccn2)nn1)Nc1cc(C(F)(F)F)ccc1Cl. The smallest absolute Gasteiger partial charge is 0.367 e. The van der Waals surface area contributed by atoms with Gasteiger partial charge in [0, 0.05) is 19.3 Å². The second-order valence-corrected chi connectivity index (χ2v) is 6.55. The van der Waals surface area contributed by atoms with Crippen molar-refractivity contribution in [3.8, 4) is 0 Å². The van der Waals surface area contributed by atoms with Crippen LogP contribution in [0.5, 0.6) is 0 Å². The standard InChI is InChI=1S/C19H17ClF3N7O/c20-13-5-4-12(19(21,22)23)11-14(13)27-18(31)26-10-9-25-16-6-7-17(30-29-16)28-15-3-1-2-8-24-15/h1-8,11H,9-10H2,(H,25,29)(H,24,28,30)(H2,26,27,31). The molecular weight excluding hydrogens is 435 g/mol. The molecular formula is C19H17ClF3N7O. The van der Waals surface area contributed by atoms with Gasteiger partial charge in [-0.1, -0.05) is 17.7 Å². The zero-order valence-corrected chi connectivity index (χ0v) is 16.6. The van der Waals surface area contributed by atoms with Crippen LogP contribution in [0.2, 0.25) is 5.02 Å². The van der Waals surface area contributed by atoms with Gasteiger partial charge in [-0.2, -0.15) is 13.2 Å². The summed E-state index contributed by atoms with van der Waals surface area (Å²) in [7, 11) is 0. The molecule has 0 aliphatic carbocycles. The van der Waals surface area contributed by atoms with Crippen LogP contribution in [0.25, 0.3) is 0 Å². The van der Waals surface area contributed by atoms with Crippen LogP contribution in [0.15, 0.2) is 54.7 Å². The molecule has 31 heavy (non-hydrogen) atoms. The Hall–Kier alpha value is -3.60. The number of hydrogen-bond acceptors (Lipinski definition) is 6. The fourth-order valence-electron chi connectivity index (χ4n) is 2.39. The number of pyridine rings is 1. The lowest BCUT2D eigenvalue weighted by atomic mass is 10.2. The summed E-state index contributed by atoms with van der Waals surface area (Å²) in [6.07, 6.45) is -2.89. The van der Waals surface area contributed by atoms with Gasteiger partial charge in [0.25, 0.3) is 0 Å². The second-order valence-electron chi connectivity index (χ2n) is 6.14. The summed E-state index contributed by atoms with van der Waals surface area (Å²) in [6.45, 7) is 0.490. The second kappa shape index (κ2) is 9.94. The number of nitrogens with zero attached hydrogens (tertiary/aromatic N) is 3. The van der Waals surface area contributed by atoms with E-state index in [1.807, 2.05) is 6.07 Å². The summed E-state index contributed by atoms with van der Waals surface area (Å²) < 4.78 is 38.3. The summed E-state index contributed by atoms with van der Waals surface area (Å²) in [5.74, 6) is 1.63. The van der Waals surface area contributed by atoms with E-state index in [4.69, 9.17) is 11.6 Å². The van der Waals surface area contributed by atoms with Crippen molar-refractivity contribution in [2.24, 2.45) is 0 Å². The molecule has 0 bridgehead atoms. The van der Waals surface area contributed by atoms with Crippen LogP contribution in [-0.4, -0.2) is 34.3 Å². The van der Waals surface area contributed by atoms with Gasteiger partial charge >= 0.3 is 12.2 Å². The number of nitrogens with one attached hydrogen (secondary N) is 4. The minimum absolute atomic E-state index is 0.00375. The number of urea groups is 1. The summed E-state index contributed by atoms with van der Waals surface area (Å²) in [5, 5.41) is 18.8. The molecule has 12 heteroatoms. The molecule has 162 valence electrons. The van der Waals surface area contributed by atoms with Crippen LogP contribution in [0.1, 0.15) is 5.56 Å². The van der Waals surface area contributed by atoms with Gasteiger partial charge in [0.1, 0.15) is 11.6 Å². The maximum atomic E-state index is 12.8. The van der Waals surface area contributed by atoms with Crippen molar-refractivity contribution < 1.29 is 18.0 Å². The highest BCUT2D eigenvalue weighted by Crippen LogP contribution is 2.33. The van der Waals surface area contributed by atoms with E-state index in [1.165, 1.54) is 0 Å². The van der Waals surface area contributed by atoms with Gasteiger partial charge in [0.2, 0.25) is 0 Å². The predicted octanol–water partition coefficient (Wildman–Crippen LogP) is 4.52. The molecule has 3 rings (SSSR count). The molecule has 0 radical (unpaired) electrons. The molecule has 0 aliphatic rings. The number of hydrogen-bond donors (Lipinski definition) is 4. The topological polar surface area (TPSA) is 104 Å². The molecule has 0 fully saturated rings. The number of alkyl halides is 3. The van der Waals surface area contributed by atoms with Gasteiger partial charge in [0.15, 0.2) is 5.82 Å². The molecule has 1 aromatic carbocycles. The Morgan fingerprint density at radius 3 is 2.42 bits per heavy atom. The Labute approximate surface area is 180 Å². The number of aromatic nitrogens is 3. The normalized spacial score (nSPS) is 11.0. The van der Waals surface area contributed by atoms with Crippen molar-refractivity contribution >= 4 is 40.8 Å². The van der Waals surface area contributed by atoms with E-state index in [2.05, 4.69) is 36.4 Å². The van der Waals surface area contributed by atoms with Crippen molar-refractivity contribution in [3.05, 3.63) is 65.3 Å². The number of carbonyl (C=O) groups excluding carboxylic acids is 1. The maximum Gasteiger partial charge on any atom is 0.416 e. The van der Waals surface area contributed by atoms with Crippen LogP contribution < -0.4 is 21.3 Å². The van der Waals surface area contributed by atoms with Gasteiger partial charge in [-0.25, -0.2) is 9.78 Å². The number of amides is 2. The lowest BCUT2D eigenvalue weighted by molar-refractivity contribution is -0.137. The zero-order valence-electron chi connectivity index (χ0n) is 15.9. The largest absolute Gasteiger partial charge is 0.416 e. The number of halogens is 4. The fourth-order valence-corrected chi connectivity index (χ4v) is 2.56. The number of anilines is 4. The Bertz CT molecular complexity index is 1020. The quantitative estimate of drug-likeness (QED) is 0.394. The Balaban J connectivity index is 1.43. The molecule has 2 aromatic heterocycles. The monoisotopic (exact) mass is 451 g/mol.